The molecule has 0 aromatic carbocycles. The average molecular weight is 133 g/mol. The van der Waals surface area contributed by atoms with Gasteiger partial charge in [0.2, 0.25) is 0 Å². The third-order valence-corrected chi connectivity index (χ3v) is 1.23. The lowest BCUT2D eigenvalue weighted by Crippen LogP contribution is -1.98. The molecule has 0 spiro atoms. The lowest BCUT2D eigenvalue weighted by molar-refractivity contribution is 0.681. The quantitative estimate of drug-likeness (QED) is 0.384. The summed E-state index contributed by atoms with van der Waals surface area (Å²) in [6, 6.07) is 0. The molecule has 0 saturated carbocycles. The van der Waals surface area contributed by atoms with Gasteiger partial charge < -0.3 is 0 Å². The highest BCUT2D eigenvalue weighted by Gasteiger charge is 2.09. The molecule has 1 nitrogen and oxygen atoms in total. The Labute approximate surface area is 60.1 Å². The van der Waals surface area contributed by atoms with Crippen molar-refractivity contribution in [2.75, 3.05) is 0 Å². The van der Waals surface area contributed by atoms with Crippen molar-refractivity contribution in [3.63, 3.8) is 0 Å². The zero-order chi connectivity index (χ0) is 7.40. The first-order chi connectivity index (χ1) is 4.84. The van der Waals surface area contributed by atoms with Crippen LogP contribution in [0, 0.1) is 0 Å². The summed E-state index contributed by atoms with van der Waals surface area (Å²) in [5.74, 6) is 0.294. The van der Waals surface area contributed by atoms with Gasteiger partial charge in [0.05, 0.1) is 5.57 Å². The summed E-state index contributed by atoms with van der Waals surface area (Å²) in [6.07, 6.45) is 10.5. The number of hydrogen-bond donors (Lipinski definition) is 0. The Morgan fingerprint density at radius 3 is 2.60 bits per heavy atom. The summed E-state index contributed by atoms with van der Waals surface area (Å²) in [7, 11) is 0. The molecule has 1 aliphatic carbocycles. The van der Waals surface area contributed by atoms with Crippen molar-refractivity contribution in [3.05, 3.63) is 48.6 Å². The fourth-order valence-corrected chi connectivity index (χ4v) is 0.755. The molecule has 0 atom stereocenters. The number of rotatable bonds is 1. The topological polar surface area (TPSA) is 21.4 Å². The van der Waals surface area contributed by atoms with Gasteiger partial charge in [-0.25, -0.2) is 0 Å². The average Bonchev–Trinajstić information content (AvgIpc) is 1.94. The van der Waals surface area contributed by atoms with Crippen LogP contribution >= 0.6 is 0 Å². The molecular formula is C9H9O+. The summed E-state index contributed by atoms with van der Waals surface area (Å²) in [6.45, 7) is 3.53. The summed E-state index contributed by atoms with van der Waals surface area (Å²) >= 11 is 0. The van der Waals surface area contributed by atoms with Crippen LogP contribution in [0.25, 0.3) is 0 Å². The third kappa shape index (κ3) is 1.32. The molecule has 0 saturated heterocycles. The first-order valence-electron chi connectivity index (χ1n) is 3.08. The fraction of sp³-hybridized carbons (Fsp3) is 0. The second-order valence-corrected chi connectivity index (χ2v) is 1.96. The van der Waals surface area contributed by atoms with Gasteiger partial charge in [-0.15, -0.1) is 0 Å². The van der Waals surface area contributed by atoms with E-state index in [1.165, 1.54) is 0 Å². The molecule has 0 radical (unpaired) electrons. The van der Waals surface area contributed by atoms with E-state index in [1.54, 1.807) is 24.3 Å². The van der Waals surface area contributed by atoms with E-state index < -0.39 is 0 Å². The van der Waals surface area contributed by atoms with Crippen LogP contribution in [0.5, 0.6) is 0 Å². The van der Waals surface area contributed by atoms with E-state index in [-0.39, 0.29) is 0 Å². The zero-order valence-electron chi connectivity index (χ0n) is 5.62. The van der Waals surface area contributed by atoms with Crippen molar-refractivity contribution in [1.82, 2.24) is 0 Å². The normalized spacial score (nSPS) is 20.0. The SMILES string of the molecule is C=C/C=C1\C=CC=CC1=[OH+]. The summed E-state index contributed by atoms with van der Waals surface area (Å²) in [5.41, 5.74) is 0.803. The maximum Gasteiger partial charge on any atom is 0.347 e. The lowest BCUT2D eigenvalue weighted by Gasteiger charge is -1.91. The third-order valence-electron chi connectivity index (χ3n) is 1.23. The molecule has 0 aliphatic heterocycles. The molecule has 1 heteroatoms. The van der Waals surface area contributed by atoms with Gasteiger partial charge in [0, 0.05) is 6.08 Å². The number of hydrogen-bond acceptors (Lipinski definition) is 0. The van der Waals surface area contributed by atoms with E-state index in [0.717, 1.165) is 5.57 Å². The number of ketones is 1. The maximum atomic E-state index is 9.16. The Morgan fingerprint density at radius 2 is 2.00 bits per heavy atom. The van der Waals surface area contributed by atoms with Gasteiger partial charge in [-0.05, 0) is 12.2 Å². The molecule has 0 amide bonds. The number of carbonyl (C=O) groups excluding carboxylic acids is 1. The fourth-order valence-electron chi connectivity index (χ4n) is 0.755. The Balaban J connectivity index is 2.90. The minimum atomic E-state index is 0.294. The zero-order valence-corrected chi connectivity index (χ0v) is 5.62. The first-order valence-corrected chi connectivity index (χ1v) is 3.08. The predicted molar refractivity (Wildman–Crippen MR) is 43.5 cm³/mol. The van der Waals surface area contributed by atoms with Crippen LogP contribution in [0.1, 0.15) is 0 Å². The monoisotopic (exact) mass is 133 g/mol. The predicted octanol–water partition coefficient (Wildman–Crippen LogP) is 1.77. The van der Waals surface area contributed by atoms with Gasteiger partial charge in [0.15, 0.2) is 0 Å². The van der Waals surface area contributed by atoms with E-state index in [1.807, 2.05) is 12.2 Å². The van der Waals surface area contributed by atoms with Gasteiger partial charge in [0.25, 0.3) is 0 Å². The van der Waals surface area contributed by atoms with Crippen LogP contribution < -0.4 is 0 Å². The number of allylic oxidation sites excluding steroid dienone is 7. The van der Waals surface area contributed by atoms with Crippen LogP contribution in [-0.4, -0.2) is 10.6 Å². The van der Waals surface area contributed by atoms with Crippen LogP contribution in [0.3, 0.4) is 0 Å². The molecule has 1 aliphatic rings. The molecule has 1 rings (SSSR count). The van der Waals surface area contributed by atoms with Crippen LogP contribution in [-0.2, 0) is 0 Å². The summed E-state index contributed by atoms with van der Waals surface area (Å²) < 4.78 is 0. The second kappa shape index (κ2) is 2.97. The maximum absolute atomic E-state index is 9.16. The van der Waals surface area contributed by atoms with Crippen molar-refractivity contribution < 1.29 is 4.79 Å². The highest BCUT2D eigenvalue weighted by Crippen LogP contribution is 2.05. The van der Waals surface area contributed by atoms with E-state index in [9.17, 15) is 0 Å². The molecule has 1 N–H and O–H groups in total. The van der Waals surface area contributed by atoms with Crippen LogP contribution in [0.15, 0.2) is 48.6 Å². The van der Waals surface area contributed by atoms with Gasteiger partial charge in [-0.1, -0.05) is 24.8 Å². The highest BCUT2D eigenvalue weighted by atomic mass is 16.1. The van der Waals surface area contributed by atoms with Gasteiger partial charge in [0.1, 0.15) is 0 Å². The van der Waals surface area contributed by atoms with E-state index in [4.69, 9.17) is 4.79 Å². The molecule has 0 bridgehead atoms. The van der Waals surface area contributed by atoms with Crippen molar-refractivity contribution >= 4 is 5.78 Å². The Kier molecular flexibility index (Phi) is 2.00. The van der Waals surface area contributed by atoms with E-state index >= 15 is 0 Å². The Bertz CT molecular complexity index is 241. The Hall–Kier alpha value is -1.37. The van der Waals surface area contributed by atoms with Gasteiger partial charge >= 0.3 is 5.78 Å². The molecule has 0 aromatic rings. The minimum absolute atomic E-state index is 0.294. The van der Waals surface area contributed by atoms with Crippen molar-refractivity contribution in [1.29, 1.82) is 0 Å². The molecule has 0 heterocycles. The molecule has 0 fully saturated rings. The summed E-state index contributed by atoms with van der Waals surface area (Å²) in [5, 5.41) is 0. The molecule has 50 valence electrons. The van der Waals surface area contributed by atoms with Crippen molar-refractivity contribution in [3.8, 4) is 0 Å². The summed E-state index contributed by atoms with van der Waals surface area (Å²) in [4.78, 5) is 9.16. The first kappa shape index (κ1) is 6.75. The molecule has 10 heavy (non-hydrogen) atoms. The van der Waals surface area contributed by atoms with E-state index in [2.05, 4.69) is 6.58 Å². The van der Waals surface area contributed by atoms with Gasteiger partial charge in [-0.2, -0.15) is 0 Å². The second-order valence-electron chi connectivity index (χ2n) is 1.96. The minimum Gasteiger partial charge on any atom is -0.273 e. The highest BCUT2D eigenvalue weighted by molar-refractivity contribution is 6.08. The van der Waals surface area contributed by atoms with Gasteiger partial charge in [-0.3, -0.25) is 4.79 Å². The van der Waals surface area contributed by atoms with Crippen molar-refractivity contribution in [2.24, 2.45) is 0 Å². The van der Waals surface area contributed by atoms with Crippen molar-refractivity contribution in [2.45, 2.75) is 0 Å². The van der Waals surface area contributed by atoms with Crippen LogP contribution in [0.4, 0.5) is 0 Å². The molecule has 0 unspecified atom stereocenters. The smallest absolute Gasteiger partial charge is 0.273 e. The molecular weight excluding hydrogens is 124 g/mol. The standard InChI is InChI=1S/C9H8O/c1-2-5-8-6-3-4-7-9(8)10/h2-7H,1H2/p+1/b8-5+. The van der Waals surface area contributed by atoms with Crippen LogP contribution in [0.2, 0.25) is 0 Å². The Morgan fingerprint density at radius 1 is 1.30 bits per heavy atom. The lowest BCUT2D eigenvalue weighted by atomic mass is 10.1. The van der Waals surface area contributed by atoms with E-state index in [0.29, 0.717) is 5.78 Å². The molecule has 0 aromatic heterocycles. The largest absolute Gasteiger partial charge is 0.347 e.